The molecule has 0 saturated heterocycles. The maximum Gasteiger partial charge on any atom is 0.212 e. The third kappa shape index (κ3) is 2.36. The lowest BCUT2D eigenvalue weighted by Gasteiger charge is -2.17. The standard InChI is InChI=1S/C16H15ClN4O/c1-16(2)5-14-10(6-18)3-13(21(14)8-16)11-4-15(20-9-22)19-7-12(11)17/h3-4,7,9H,5,8H2,1-2H3,(H,19,20,22). The van der Waals surface area contributed by atoms with Gasteiger partial charge in [-0.3, -0.25) is 4.79 Å². The van der Waals surface area contributed by atoms with Gasteiger partial charge in [-0.2, -0.15) is 5.26 Å². The fourth-order valence-electron chi connectivity index (χ4n) is 2.99. The van der Waals surface area contributed by atoms with Crippen molar-refractivity contribution in [2.24, 2.45) is 5.41 Å². The van der Waals surface area contributed by atoms with Crippen LogP contribution in [0.25, 0.3) is 11.3 Å². The molecule has 0 spiro atoms. The van der Waals surface area contributed by atoms with Gasteiger partial charge in [0.05, 0.1) is 16.3 Å². The Morgan fingerprint density at radius 3 is 2.95 bits per heavy atom. The second-order valence-electron chi connectivity index (χ2n) is 6.24. The van der Waals surface area contributed by atoms with Crippen molar-refractivity contribution >= 4 is 23.8 Å². The number of hydrogen-bond donors (Lipinski definition) is 1. The number of carbonyl (C=O) groups excluding carboxylic acids is 1. The maximum absolute atomic E-state index is 10.6. The van der Waals surface area contributed by atoms with Crippen molar-refractivity contribution in [2.75, 3.05) is 5.32 Å². The summed E-state index contributed by atoms with van der Waals surface area (Å²) in [5.74, 6) is 0.431. The molecule has 0 atom stereocenters. The molecule has 0 bridgehead atoms. The van der Waals surface area contributed by atoms with Crippen LogP contribution < -0.4 is 5.32 Å². The van der Waals surface area contributed by atoms with E-state index in [1.54, 1.807) is 6.07 Å². The lowest BCUT2D eigenvalue weighted by atomic mass is 9.90. The van der Waals surface area contributed by atoms with Crippen LogP contribution >= 0.6 is 11.6 Å². The Hall–Kier alpha value is -2.32. The van der Waals surface area contributed by atoms with Gasteiger partial charge in [0.15, 0.2) is 0 Å². The number of anilines is 1. The fourth-order valence-corrected chi connectivity index (χ4v) is 3.19. The van der Waals surface area contributed by atoms with Crippen molar-refractivity contribution in [3.05, 3.63) is 34.6 Å². The number of nitriles is 1. The number of fused-ring (bicyclic) bond motifs is 1. The van der Waals surface area contributed by atoms with E-state index >= 15 is 0 Å². The topological polar surface area (TPSA) is 70.7 Å². The molecule has 0 unspecified atom stereocenters. The molecule has 1 amide bonds. The molecule has 1 aliphatic heterocycles. The molecular weight excluding hydrogens is 300 g/mol. The number of pyridine rings is 1. The Morgan fingerprint density at radius 1 is 1.50 bits per heavy atom. The van der Waals surface area contributed by atoms with Gasteiger partial charge < -0.3 is 9.88 Å². The SMILES string of the molecule is CC1(C)Cc2c(C#N)cc(-c3cc(NC=O)ncc3Cl)n2C1. The second-order valence-corrected chi connectivity index (χ2v) is 6.65. The Morgan fingerprint density at radius 2 is 2.27 bits per heavy atom. The van der Waals surface area contributed by atoms with Crippen LogP contribution in [0.2, 0.25) is 5.02 Å². The van der Waals surface area contributed by atoms with Gasteiger partial charge in [-0.05, 0) is 24.0 Å². The van der Waals surface area contributed by atoms with Crippen molar-refractivity contribution in [1.82, 2.24) is 9.55 Å². The van der Waals surface area contributed by atoms with E-state index in [4.69, 9.17) is 11.6 Å². The zero-order valence-electron chi connectivity index (χ0n) is 12.4. The van der Waals surface area contributed by atoms with Crippen LogP contribution in [0.15, 0.2) is 18.3 Å². The van der Waals surface area contributed by atoms with Crippen LogP contribution in [0.3, 0.4) is 0 Å². The minimum atomic E-state index is 0.111. The Bertz CT molecular complexity index is 801. The highest BCUT2D eigenvalue weighted by atomic mass is 35.5. The summed E-state index contributed by atoms with van der Waals surface area (Å²) >= 11 is 6.28. The normalized spacial score (nSPS) is 15.2. The van der Waals surface area contributed by atoms with E-state index in [0.717, 1.165) is 29.9 Å². The number of nitrogens with zero attached hydrogens (tertiary/aromatic N) is 3. The third-order valence-corrected chi connectivity index (χ3v) is 4.20. The van der Waals surface area contributed by atoms with E-state index in [0.29, 0.717) is 22.8 Å². The van der Waals surface area contributed by atoms with Crippen molar-refractivity contribution in [2.45, 2.75) is 26.8 Å². The first-order valence-corrected chi connectivity index (χ1v) is 7.31. The van der Waals surface area contributed by atoms with Crippen LogP contribution in [0, 0.1) is 16.7 Å². The summed E-state index contributed by atoms with van der Waals surface area (Å²) in [4.78, 5) is 14.7. The minimum Gasteiger partial charge on any atom is -0.343 e. The van der Waals surface area contributed by atoms with Gasteiger partial charge in [0.1, 0.15) is 11.9 Å². The average molecular weight is 315 g/mol. The molecule has 0 fully saturated rings. The first-order valence-electron chi connectivity index (χ1n) is 6.94. The minimum absolute atomic E-state index is 0.111. The van der Waals surface area contributed by atoms with Crippen molar-refractivity contribution in [3.63, 3.8) is 0 Å². The lowest BCUT2D eigenvalue weighted by Crippen LogP contribution is -2.13. The van der Waals surface area contributed by atoms with E-state index in [9.17, 15) is 10.1 Å². The quantitative estimate of drug-likeness (QED) is 0.884. The molecular formula is C16H15ClN4O. The van der Waals surface area contributed by atoms with Crippen LogP contribution in [0.4, 0.5) is 5.82 Å². The van der Waals surface area contributed by atoms with E-state index in [1.807, 2.05) is 6.07 Å². The van der Waals surface area contributed by atoms with Crippen molar-refractivity contribution < 1.29 is 4.79 Å². The molecule has 2 aromatic rings. The van der Waals surface area contributed by atoms with Crippen molar-refractivity contribution in [3.8, 4) is 17.3 Å². The lowest BCUT2D eigenvalue weighted by molar-refractivity contribution is -0.105. The van der Waals surface area contributed by atoms with Gasteiger partial charge in [-0.25, -0.2) is 4.98 Å². The summed E-state index contributed by atoms with van der Waals surface area (Å²) < 4.78 is 2.14. The van der Waals surface area contributed by atoms with Crippen LogP contribution in [0.5, 0.6) is 0 Å². The average Bonchev–Trinajstić information content (AvgIpc) is 2.94. The van der Waals surface area contributed by atoms with Crippen LogP contribution in [0.1, 0.15) is 25.1 Å². The number of aromatic nitrogens is 2. The maximum atomic E-state index is 10.6. The van der Waals surface area contributed by atoms with Crippen LogP contribution in [-0.2, 0) is 17.8 Å². The highest BCUT2D eigenvalue weighted by Gasteiger charge is 2.33. The van der Waals surface area contributed by atoms with Crippen molar-refractivity contribution in [1.29, 1.82) is 5.26 Å². The Kier molecular flexibility index (Phi) is 3.42. The molecule has 0 radical (unpaired) electrons. The number of rotatable bonds is 3. The molecule has 0 aliphatic carbocycles. The number of nitrogens with one attached hydrogen (secondary N) is 1. The molecule has 0 saturated carbocycles. The Balaban J connectivity index is 2.17. The van der Waals surface area contributed by atoms with Gasteiger partial charge in [0.2, 0.25) is 6.41 Å². The summed E-state index contributed by atoms with van der Waals surface area (Å²) in [5, 5.41) is 12.4. The van der Waals surface area contributed by atoms with Gasteiger partial charge in [0.25, 0.3) is 0 Å². The van der Waals surface area contributed by atoms with E-state index in [-0.39, 0.29) is 5.41 Å². The molecule has 1 aliphatic rings. The largest absolute Gasteiger partial charge is 0.343 e. The zero-order valence-corrected chi connectivity index (χ0v) is 13.1. The molecule has 0 aromatic carbocycles. The second kappa shape index (κ2) is 5.15. The number of hydrogen-bond acceptors (Lipinski definition) is 3. The van der Waals surface area contributed by atoms with Gasteiger partial charge in [-0.15, -0.1) is 0 Å². The summed E-state index contributed by atoms with van der Waals surface area (Å²) in [5.41, 5.74) is 3.49. The smallest absolute Gasteiger partial charge is 0.212 e. The highest BCUT2D eigenvalue weighted by Crippen LogP contribution is 2.40. The van der Waals surface area contributed by atoms with Crippen LogP contribution in [-0.4, -0.2) is 16.0 Å². The predicted molar refractivity (Wildman–Crippen MR) is 84.6 cm³/mol. The molecule has 3 rings (SSSR count). The molecule has 3 heterocycles. The first-order chi connectivity index (χ1) is 10.4. The predicted octanol–water partition coefficient (Wildman–Crippen LogP) is 3.23. The molecule has 112 valence electrons. The molecule has 1 N–H and O–H groups in total. The van der Waals surface area contributed by atoms with Gasteiger partial charge >= 0.3 is 0 Å². The monoisotopic (exact) mass is 314 g/mol. The van der Waals surface area contributed by atoms with E-state index in [2.05, 4.69) is 34.8 Å². The summed E-state index contributed by atoms with van der Waals surface area (Å²) in [6, 6.07) is 5.85. The molecule has 5 nitrogen and oxygen atoms in total. The summed E-state index contributed by atoms with van der Waals surface area (Å²) in [6.45, 7) is 5.19. The third-order valence-electron chi connectivity index (χ3n) is 3.90. The van der Waals surface area contributed by atoms with Gasteiger partial charge in [-0.1, -0.05) is 25.4 Å². The number of amides is 1. The highest BCUT2D eigenvalue weighted by molar-refractivity contribution is 6.33. The zero-order chi connectivity index (χ0) is 15.9. The molecule has 22 heavy (non-hydrogen) atoms. The van der Waals surface area contributed by atoms with E-state index in [1.165, 1.54) is 6.20 Å². The number of carbonyl (C=O) groups is 1. The van der Waals surface area contributed by atoms with E-state index < -0.39 is 0 Å². The summed E-state index contributed by atoms with van der Waals surface area (Å²) in [6.07, 6.45) is 2.94. The molecule has 6 heteroatoms. The summed E-state index contributed by atoms with van der Waals surface area (Å²) in [7, 11) is 0. The fraction of sp³-hybridized carbons (Fsp3) is 0.312. The van der Waals surface area contributed by atoms with Gasteiger partial charge in [0, 0.05) is 24.0 Å². The number of halogens is 1. The first kappa shape index (κ1) is 14.6. The molecule has 2 aromatic heterocycles. The Labute approximate surface area is 133 Å².